The number of hydrogen-bond donors (Lipinski definition) is 1. The van der Waals surface area contributed by atoms with Crippen molar-refractivity contribution in [2.75, 3.05) is 0 Å². The summed E-state index contributed by atoms with van der Waals surface area (Å²) in [5, 5.41) is 13.1. The van der Waals surface area contributed by atoms with Gasteiger partial charge in [-0.15, -0.1) is 0 Å². The van der Waals surface area contributed by atoms with E-state index in [1.54, 1.807) is 13.1 Å². The van der Waals surface area contributed by atoms with Gasteiger partial charge in [0, 0.05) is 11.8 Å². The highest BCUT2D eigenvalue weighted by molar-refractivity contribution is 5.33. The van der Waals surface area contributed by atoms with Crippen LogP contribution >= 0.6 is 0 Å². The maximum Gasteiger partial charge on any atom is 0.255 e. The predicted molar refractivity (Wildman–Crippen MR) is 37.2 cm³/mol. The molecule has 0 aliphatic carbocycles. The first-order chi connectivity index (χ1) is 5.29. The molecule has 0 saturated carbocycles. The molecule has 0 aliphatic heterocycles. The molecule has 0 atom stereocenters. The Balaban J connectivity index is 2.93. The number of fused-ring (bicyclic) bond motifs is 1. The van der Waals surface area contributed by atoms with Crippen molar-refractivity contribution >= 4 is 5.78 Å². The predicted octanol–water partition coefficient (Wildman–Crippen LogP) is 0.138. The lowest BCUT2D eigenvalue weighted by Gasteiger charge is -1.97. The molecule has 56 valence electrons. The van der Waals surface area contributed by atoms with Crippen molar-refractivity contribution in [2.45, 2.75) is 6.92 Å². The summed E-state index contributed by atoms with van der Waals surface area (Å²) in [4.78, 5) is 7.73. The molecule has 0 unspecified atom stereocenters. The van der Waals surface area contributed by atoms with Crippen LogP contribution in [-0.4, -0.2) is 24.7 Å². The standard InChI is InChI=1S/C6H6N4O/c1-4-2-7-6-8-3-9-10(6)5(4)11/h2-3,11H,1H3. The van der Waals surface area contributed by atoms with E-state index in [4.69, 9.17) is 0 Å². The second-order valence-corrected chi connectivity index (χ2v) is 2.24. The number of aromatic hydroxyl groups is 1. The topological polar surface area (TPSA) is 63.3 Å². The van der Waals surface area contributed by atoms with Crippen LogP contribution in [0.1, 0.15) is 5.56 Å². The second-order valence-electron chi connectivity index (χ2n) is 2.24. The van der Waals surface area contributed by atoms with Crippen LogP contribution in [0.3, 0.4) is 0 Å². The summed E-state index contributed by atoms with van der Waals surface area (Å²) in [6.45, 7) is 1.75. The maximum atomic E-state index is 9.37. The molecule has 0 fully saturated rings. The van der Waals surface area contributed by atoms with Crippen molar-refractivity contribution in [3.8, 4) is 5.88 Å². The maximum absolute atomic E-state index is 9.37. The molecular formula is C6H6N4O. The minimum Gasteiger partial charge on any atom is -0.493 e. The number of aryl methyl sites for hydroxylation is 1. The first-order valence-corrected chi connectivity index (χ1v) is 3.13. The molecule has 0 radical (unpaired) electrons. The third-order valence-corrected chi connectivity index (χ3v) is 1.46. The number of aromatic nitrogens is 4. The third kappa shape index (κ3) is 0.739. The Morgan fingerprint density at radius 3 is 3.09 bits per heavy atom. The third-order valence-electron chi connectivity index (χ3n) is 1.46. The molecule has 0 aliphatic rings. The monoisotopic (exact) mass is 150 g/mol. The van der Waals surface area contributed by atoms with Gasteiger partial charge < -0.3 is 5.11 Å². The van der Waals surface area contributed by atoms with E-state index in [0.29, 0.717) is 11.3 Å². The van der Waals surface area contributed by atoms with Gasteiger partial charge >= 0.3 is 0 Å². The first-order valence-electron chi connectivity index (χ1n) is 3.13. The van der Waals surface area contributed by atoms with E-state index >= 15 is 0 Å². The van der Waals surface area contributed by atoms with Crippen LogP contribution in [0, 0.1) is 6.92 Å². The lowest BCUT2D eigenvalue weighted by Crippen LogP contribution is -1.93. The summed E-state index contributed by atoms with van der Waals surface area (Å²) in [5.74, 6) is 0.501. The molecule has 0 saturated heterocycles. The van der Waals surface area contributed by atoms with Crippen molar-refractivity contribution in [3.05, 3.63) is 18.1 Å². The number of hydrogen-bond acceptors (Lipinski definition) is 4. The van der Waals surface area contributed by atoms with Crippen LogP contribution in [0.5, 0.6) is 5.88 Å². The Kier molecular flexibility index (Phi) is 1.06. The molecule has 2 rings (SSSR count). The highest BCUT2D eigenvalue weighted by Gasteiger charge is 2.03. The first kappa shape index (κ1) is 6.09. The lowest BCUT2D eigenvalue weighted by molar-refractivity contribution is 0.430. The van der Waals surface area contributed by atoms with Gasteiger partial charge in [-0.2, -0.15) is 14.6 Å². The molecule has 0 spiro atoms. The van der Waals surface area contributed by atoms with E-state index in [2.05, 4.69) is 15.1 Å². The zero-order valence-corrected chi connectivity index (χ0v) is 5.89. The van der Waals surface area contributed by atoms with Gasteiger partial charge in [-0.3, -0.25) is 0 Å². The van der Waals surface area contributed by atoms with E-state index in [1.165, 1.54) is 10.8 Å². The van der Waals surface area contributed by atoms with E-state index in [1.807, 2.05) is 0 Å². The molecule has 0 aromatic carbocycles. The average Bonchev–Trinajstić information content (AvgIpc) is 2.45. The normalized spacial score (nSPS) is 10.6. The zero-order valence-electron chi connectivity index (χ0n) is 5.89. The smallest absolute Gasteiger partial charge is 0.255 e. The molecule has 2 heterocycles. The fourth-order valence-corrected chi connectivity index (χ4v) is 0.852. The SMILES string of the molecule is Cc1cnc2ncnn2c1O. The van der Waals surface area contributed by atoms with Gasteiger partial charge in [0.15, 0.2) is 0 Å². The Bertz CT molecular complexity index is 394. The van der Waals surface area contributed by atoms with Gasteiger partial charge in [0.1, 0.15) is 6.33 Å². The highest BCUT2D eigenvalue weighted by Crippen LogP contribution is 2.12. The summed E-state index contributed by atoms with van der Waals surface area (Å²) < 4.78 is 1.29. The van der Waals surface area contributed by atoms with Crippen LogP contribution in [0.2, 0.25) is 0 Å². The minimum absolute atomic E-state index is 0.0903. The van der Waals surface area contributed by atoms with Crippen LogP contribution in [0.4, 0.5) is 0 Å². The van der Waals surface area contributed by atoms with Crippen molar-refractivity contribution in [3.63, 3.8) is 0 Å². The van der Waals surface area contributed by atoms with Gasteiger partial charge in [-0.05, 0) is 6.92 Å². The summed E-state index contributed by atoms with van der Waals surface area (Å²) in [6.07, 6.45) is 2.90. The Hall–Kier alpha value is -1.65. The molecule has 5 heteroatoms. The van der Waals surface area contributed by atoms with Crippen LogP contribution in [0.15, 0.2) is 12.5 Å². The summed E-state index contributed by atoms with van der Waals surface area (Å²) in [7, 11) is 0. The molecular weight excluding hydrogens is 144 g/mol. The quantitative estimate of drug-likeness (QED) is 0.580. The Labute approximate surface area is 62.3 Å². The van der Waals surface area contributed by atoms with E-state index in [9.17, 15) is 5.11 Å². The van der Waals surface area contributed by atoms with Crippen molar-refractivity contribution in [2.24, 2.45) is 0 Å². The number of nitrogens with zero attached hydrogens (tertiary/aromatic N) is 4. The Morgan fingerprint density at radius 2 is 2.27 bits per heavy atom. The molecule has 2 aromatic heterocycles. The van der Waals surface area contributed by atoms with Crippen molar-refractivity contribution in [1.29, 1.82) is 0 Å². The van der Waals surface area contributed by atoms with Crippen LogP contribution < -0.4 is 0 Å². The molecule has 0 amide bonds. The summed E-state index contributed by atoms with van der Waals surface area (Å²) in [5.41, 5.74) is 0.683. The number of rotatable bonds is 0. The molecule has 1 N–H and O–H groups in total. The van der Waals surface area contributed by atoms with Gasteiger partial charge in [0.2, 0.25) is 5.88 Å². The Morgan fingerprint density at radius 1 is 1.45 bits per heavy atom. The van der Waals surface area contributed by atoms with Gasteiger partial charge in [0.05, 0.1) is 0 Å². The highest BCUT2D eigenvalue weighted by atomic mass is 16.3. The van der Waals surface area contributed by atoms with Crippen LogP contribution in [0.25, 0.3) is 5.78 Å². The average molecular weight is 150 g/mol. The summed E-state index contributed by atoms with van der Waals surface area (Å²) in [6, 6.07) is 0. The fourth-order valence-electron chi connectivity index (χ4n) is 0.852. The minimum atomic E-state index is 0.0903. The molecule has 0 bridgehead atoms. The van der Waals surface area contributed by atoms with Gasteiger partial charge in [0.25, 0.3) is 5.78 Å². The molecule has 5 nitrogen and oxygen atoms in total. The van der Waals surface area contributed by atoms with Crippen LogP contribution in [-0.2, 0) is 0 Å². The summed E-state index contributed by atoms with van der Waals surface area (Å²) >= 11 is 0. The van der Waals surface area contributed by atoms with Gasteiger partial charge in [-0.1, -0.05) is 0 Å². The largest absolute Gasteiger partial charge is 0.493 e. The molecule has 2 aromatic rings. The molecule has 11 heavy (non-hydrogen) atoms. The second kappa shape index (κ2) is 1.91. The van der Waals surface area contributed by atoms with Gasteiger partial charge in [-0.25, -0.2) is 4.98 Å². The fraction of sp³-hybridized carbons (Fsp3) is 0.167. The van der Waals surface area contributed by atoms with E-state index in [-0.39, 0.29) is 5.88 Å². The van der Waals surface area contributed by atoms with E-state index in [0.717, 1.165) is 0 Å². The van der Waals surface area contributed by atoms with Crippen molar-refractivity contribution < 1.29 is 5.11 Å². The zero-order chi connectivity index (χ0) is 7.84. The van der Waals surface area contributed by atoms with E-state index < -0.39 is 0 Å². The van der Waals surface area contributed by atoms with Crippen molar-refractivity contribution in [1.82, 2.24) is 19.6 Å². The lowest BCUT2D eigenvalue weighted by atomic mass is 10.4.